The Morgan fingerprint density at radius 1 is 1.50 bits per heavy atom. The van der Waals surface area contributed by atoms with Crippen molar-refractivity contribution in [1.82, 2.24) is 10.6 Å². The summed E-state index contributed by atoms with van der Waals surface area (Å²) in [4.78, 5) is 22.6. The fraction of sp³-hybridized carbons (Fsp3) is 0.833. The molecule has 2 amide bonds. The fourth-order valence-electron chi connectivity index (χ4n) is 1.89. The summed E-state index contributed by atoms with van der Waals surface area (Å²) in [6.07, 6.45) is 2.71. The normalized spacial score (nSPS) is 22.2. The van der Waals surface area contributed by atoms with Gasteiger partial charge in [-0.05, 0) is 18.8 Å². The van der Waals surface area contributed by atoms with Crippen molar-refractivity contribution in [3.8, 4) is 0 Å². The molecule has 0 radical (unpaired) electrons. The summed E-state index contributed by atoms with van der Waals surface area (Å²) in [6.45, 7) is 4.86. The molecule has 0 aromatic heterocycles. The second-order valence-corrected chi connectivity index (χ2v) is 4.69. The number of amides is 2. The molecular weight excluding hydrogens is 236 g/mol. The highest BCUT2D eigenvalue weighted by Gasteiger charge is 2.25. The second kappa shape index (κ2) is 7.20. The third kappa shape index (κ3) is 4.52. The van der Waals surface area contributed by atoms with Gasteiger partial charge in [-0.3, -0.25) is 0 Å². The Morgan fingerprint density at radius 3 is 2.72 bits per heavy atom. The van der Waals surface area contributed by atoms with Gasteiger partial charge in [-0.2, -0.15) is 0 Å². The van der Waals surface area contributed by atoms with Crippen molar-refractivity contribution >= 4 is 12.0 Å². The molecule has 1 aliphatic heterocycles. The lowest BCUT2D eigenvalue weighted by molar-refractivity contribution is -0.140. The third-order valence-electron chi connectivity index (χ3n) is 3.28. The first-order chi connectivity index (χ1) is 8.54. The van der Waals surface area contributed by atoms with Gasteiger partial charge in [0, 0.05) is 13.2 Å². The molecule has 18 heavy (non-hydrogen) atoms. The van der Waals surface area contributed by atoms with Gasteiger partial charge in [0.2, 0.25) is 0 Å². The van der Waals surface area contributed by atoms with E-state index in [9.17, 15) is 9.59 Å². The van der Waals surface area contributed by atoms with Crippen molar-refractivity contribution in [2.45, 2.75) is 45.3 Å². The lowest BCUT2D eigenvalue weighted by Crippen LogP contribution is -2.50. The Hall–Kier alpha value is -1.30. The van der Waals surface area contributed by atoms with Gasteiger partial charge in [0.25, 0.3) is 0 Å². The van der Waals surface area contributed by atoms with Crippen LogP contribution in [-0.2, 0) is 9.53 Å². The SMILES string of the molecule is CCC(C)C(NC(=O)NCC1CCCO1)C(=O)O. The summed E-state index contributed by atoms with van der Waals surface area (Å²) in [7, 11) is 0. The number of carboxylic acid groups (broad SMARTS) is 1. The molecule has 1 saturated heterocycles. The first-order valence-corrected chi connectivity index (χ1v) is 6.43. The van der Waals surface area contributed by atoms with Gasteiger partial charge in [0.15, 0.2) is 0 Å². The molecule has 0 aromatic carbocycles. The molecule has 3 unspecified atom stereocenters. The topological polar surface area (TPSA) is 87.7 Å². The molecule has 1 aliphatic rings. The number of aliphatic carboxylic acids is 1. The van der Waals surface area contributed by atoms with Crippen LogP contribution >= 0.6 is 0 Å². The number of carbonyl (C=O) groups is 2. The zero-order valence-corrected chi connectivity index (χ0v) is 10.9. The van der Waals surface area contributed by atoms with Gasteiger partial charge in [-0.15, -0.1) is 0 Å². The van der Waals surface area contributed by atoms with Gasteiger partial charge in [0.05, 0.1) is 6.10 Å². The lowest BCUT2D eigenvalue weighted by atomic mass is 9.99. The number of hydrogen-bond donors (Lipinski definition) is 3. The van der Waals surface area contributed by atoms with E-state index in [1.165, 1.54) is 0 Å². The van der Waals surface area contributed by atoms with Crippen LogP contribution in [0.15, 0.2) is 0 Å². The zero-order chi connectivity index (χ0) is 13.5. The molecule has 1 heterocycles. The Bertz CT molecular complexity index is 290. The maximum absolute atomic E-state index is 11.6. The molecule has 0 aromatic rings. The van der Waals surface area contributed by atoms with E-state index in [4.69, 9.17) is 9.84 Å². The molecule has 3 atom stereocenters. The van der Waals surface area contributed by atoms with Gasteiger partial charge < -0.3 is 20.5 Å². The van der Waals surface area contributed by atoms with Crippen molar-refractivity contribution in [2.75, 3.05) is 13.2 Å². The average Bonchev–Trinajstić information content (AvgIpc) is 2.85. The van der Waals surface area contributed by atoms with Crippen LogP contribution < -0.4 is 10.6 Å². The van der Waals surface area contributed by atoms with Crippen LogP contribution in [0.25, 0.3) is 0 Å². The van der Waals surface area contributed by atoms with Gasteiger partial charge >= 0.3 is 12.0 Å². The molecule has 1 fully saturated rings. The van der Waals surface area contributed by atoms with Crippen LogP contribution in [0, 0.1) is 5.92 Å². The quantitative estimate of drug-likeness (QED) is 0.662. The highest BCUT2D eigenvalue weighted by molar-refractivity contribution is 5.82. The summed E-state index contributed by atoms with van der Waals surface area (Å²) in [6, 6.07) is -1.29. The van der Waals surface area contributed by atoms with Gasteiger partial charge in [-0.25, -0.2) is 9.59 Å². The molecule has 6 nitrogen and oxygen atoms in total. The summed E-state index contributed by atoms with van der Waals surface area (Å²) >= 11 is 0. The Labute approximate surface area is 107 Å². The number of nitrogens with one attached hydrogen (secondary N) is 2. The molecule has 0 saturated carbocycles. The standard InChI is InChI=1S/C12H22N2O4/c1-3-8(2)10(11(15)16)14-12(17)13-7-9-5-4-6-18-9/h8-10H,3-7H2,1-2H3,(H,15,16)(H2,13,14,17). The van der Waals surface area contributed by atoms with Crippen LogP contribution in [0.1, 0.15) is 33.1 Å². The highest BCUT2D eigenvalue weighted by Crippen LogP contribution is 2.11. The van der Waals surface area contributed by atoms with E-state index < -0.39 is 18.0 Å². The molecule has 0 spiro atoms. The van der Waals surface area contributed by atoms with E-state index in [1.807, 2.05) is 6.92 Å². The first kappa shape index (κ1) is 14.8. The average molecular weight is 258 g/mol. The number of hydrogen-bond acceptors (Lipinski definition) is 3. The van der Waals surface area contributed by atoms with Crippen LogP contribution in [0.3, 0.4) is 0 Å². The minimum atomic E-state index is -1.00. The van der Waals surface area contributed by atoms with Crippen molar-refractivity contribution in [2.24, 2.45) is 5.92 Å². The Morgan fingerprint density at radius 2 is 2.22 bits per heavy atom. The molecular formula is C12H22N2O4. The summed E-state index contributed by atoms with van der Waals surface area (Å²) in [5.41, 5.74) is 0. The summed E-state index contributed by atoms with van der Waals surface area (Å²) < 4.78 is 5.37. The molecule has 6 heteroatoms. The smallest absolute Gasteiger partial charge is 0.326 e. The minimum absolute atomic E-state index is 0.0580. The van der Waals surface area contributed by atoms with Crippen LogP contribution in [0.4, 0.5) is 4.79 Å². The zero-order valence-electron chi connectivity index (χ0n) is 10.9. The fourth-order valence-corrected chi connectivity index (χ4v) is 1.89. The van der Waals surface area contributed by atoms with E-state index in [0.29, 0.717) is 13.0 Å². The predicted octanol–water partition coefficient (Wildman–Crippen LogP) is 0.964. The van der Waals surface area contributed by atoms with Crippen molar-refractivity contribution in [3.63, 3.8) is 0 Å². The van der Waals surface area contributed by atoms with Crippen molar-refractivity contribution in [3.05, 3.63) is 0 Å². The Balaban J connectivity index is 2.33. The van der Waals surface area contributed by atoms with E-state index in [2.05, 4.69) is 10.6 Å². The third-order valence-corrected chi connectivity index (χ3v) is 3.28. The highest BCUT2D eigenvalue weighted by atomic mass is 16.5. The maximum Gasteiger partial charge on any atom is 0.326 e. The van der Waals surface area contributed by atoms with Gasteiger partial charge in [0.1, 0.15) is 6.04 Å². The Kier molecular flexibility index (Phi) is 5.91. The van der Waals surface area contributed by atoms with Crippen molar-refractivity contribution in [1.29, 1.82) is 0 Å². The number of rotatable bonds is 6. The molecule has 0 aliphatic carbocycles. The van der Waals surface area contributed by atoms with Crippen molar-refractivity contribution < 1.29 is 19.4 Å². The second-order valence-electron chi connectivity index (χ2n) is 4.69. The number of ether oxygens (including phenoxy) is 1. The summed E-state index contributed by atoms with van der Waals surface area (Å²) in [5, 5.41) is 14.2. The molecule has 3 N–H and O–H groups in total. The van der Waals surface area contributed by atoms with E-state index in [1.54, 1.807) is 6.92 Å². The molecule has 104 valence electrons. The number of carbonyl (C=O) groups excluding carboxylic acids is 1. The monoisotopic (exact) mass is 258 g/mol. The minimum Gasteiger partial charge on any atom is -0.480 e. The largest absolute Gasteiger partial charge is 0.480 e. The van der Waals surface area contributed by atoms with E-state index in [-0.39, 0.29) is 12.0 Å². The van der Waals surface area contributed by atoms with E-state index in [0.717, 1.165) is 19.4 Å². The van der Waals surface area contributed by atoms with Crippen LogP contribution in [0.5, 0.6) is 0 Å². The van der Waals surface area contributed by atoms with Crippen LogP contribution in [-0.4, -0.2) is 42.4 Å². The first-order valence-electron chi connectivity index (χ1n) is 6.43. The van der Waals surface area contributed by atoms with E-state index >= 15 is 0 Å². The molecule has 1 rings (SSSR count). The molecule has 0 bridgehead atoms. The number of carboxylic acids is 1. The van der Waals surface area contributed by atoms with Gasteiger partial charge in [-0.1, -0.05) is 20.3 Å². The lowest BCUT2D eigenvalue weighted by Gasteiger charge is -2.21. The maximum atomic E-state index is 11.6. The predicted molar refractivity (Wildman–Crippen MR) is 66.4 cm³/mol. The van der Waals surface area contributed by atoms with Crippen LogP contribution in [0.2, 0.25) is 0 Å². The summed E-state index contributed by atoms with van der Waals surface area (Å²) in [5.74, 6) is -1.10. The number of urea groups is 1.